The predicted molar refractivity (Wildman–Crippen MR) is 116 cm³/mol. The summed E-state index contributed by atoms with van der Waals surface area (Å²) in [5.74, 6) is 1.17. The van der Waals surface area contributed by atoms with Crippen molar-refractivity contribution in [3.05, 3.63) is 59.3 Å². The first kappa shape index (κ1) is 22.4. The second kappa shape index (κ2) is 9.76. The lowest BCUT2D eigenvalue weighted by Crippen LogP contribution is -2.30. The maximum atomic E-state index is 13.3. The van der Waals surface area contributed by atoms with Gasteiger partial charge in [0.15, 0.2) is 5.76 Å². The number of aryl methyl sites for hydroxylation is 1. The third-order valence-electron chi connectivity index (χ3n) is 5.68. The Morgan fingerprint density at radius 1 is 1.21 bits per heavy atom. The minimum Gasteiger partial charge on any atom is -0.497 e. The molecule has 1 aromatic carbocycles. The van der Waals surface area contributed by atoms with E-state index in [0.717, 1.165) is 18.4 Å². The maximum absolute atomic E-state index is 13.3. The summed E-state index contributed by atoms with van der Waals surface area (Å²) in [7, 11) is 3.22. The SMILES string of the molecule is COc1ccc(OC)c(C2CCCN2C(=O)c2ccc(Cn3cc(CCC(=O)O)nn3)o2)c1. The zero-order chi connectivity index (χ0) is 23.4. The molecule has 1 saturated heterocycles. The molecule has 0 spiro atoms. The molecule has 0 aliphatic carbocycles. The lowest BCUT2D eigenvalue weighted by molar-refractivity contribution is -0.136. The van der Waals surface area contributed by atoms with Gasteiger partial charge < -0.3 is 23.9 Å². The number of aliphatic carboxylic acids is 1. The second-order valence-corrected chi connectivity index (χ2v) is 7.83. The van der Waals surface area contributed by atoms with E-state index in [1.54, 1.807) is 42.1 Å². The van der Waals surface area contributed by atoms with Crippen LogP contribution in [0, 0.1) is 0 Å². The summed E-state index contributed by atoms with van der Waals surface area (Å²) >= 11 is 0. The standard InChI is InChI=1S/C23H26N4O6/c1-31-16-6-8-20(32-2)18(12-16)19-4-3-11-27(19)23(30)21-9-7-17(33-21)14-26-13-15(24-25-26)5-10-22(28)29/h6-9,12-13,19H,3-5,10-11,14H2,1-2H3,(H,28,29). The Kier molecular flexibility index (Phi) is 6.62. The highest BCUT2D eigenvalue weighted by molar-refractivity contribution is 5.92. The van der Waals surface area contributed by atoms with Crippen LogP contribution in [0.4, 0.5) is 0 Å². The number of carbonyl (C=O) groups excluding carboxylic acids is 1. The molecule has 2 aromatic heterocycles. The van der Waals surface area contributed by atoms with E-state index < -0.39 is 5.97 Å². The number of amides is 1. The summed E-state index contributed by atoms with van der Waals surface area (Å²) in [6.45, 7) is 0.913. The van der Waals surface area contributed by atoms with Gasteiger partial charge in [-0.2, -0.15) is 0 Å². The number of methoxy groups -OCH3 is 2. The van der Waals surface area contributed by atoms with Crippen molar-refractivity contribution >= 4 is 11.9 Å². The molecular formula is C23H26N4O6. The maximum Gasteiger partial charge on any atom is 0.303 e. The number of aromatic nitrogens is 3. The summed E-state index contributed by atoms with van der Waals surface area (Å²) in [6, 6.07) is 8.86. The van der Waals surface area contributed by atoms with Crippen molar-refractivity contribution in [1.82, 2.24) is 19.9 Å². The minimum atomic E-state index is -0.884. The van der Waals surface area contributed by atoms with E-state index in [4.69, 9.17) is 19.0 Å². The van der Waals surface area contributed by atoms with Crippen LogP contribution in [0.1, 0.15) is 52.9 Å². The van der Waals surface area contributed by atoms with Crippen LogP contribution in [0.5, 0.6) is 11.5 Å². The van der Waals surface area contributed by atoms with Crippen molar-refractivity contribution in [3.8, 4) is 11.5 Å². The summed E-state index contributed by atoms with van der Waals surface area (Å²) < 4.78 is 18.3. The number of carboxylic acid groups (broad SMARTS) is 1. The molecule has 1 fully saturated rings. The van der Waals surface area contributed by atoms with E-state index in [1.807, 2.05) is 18.2 Å². The number of furan rings is 1. The molecule has 0 saturated carbocycles. The van der Waals surface area contributed by atoms with Crippen LogP contribution in [0.3, 0.4) is 0 Å². The van der Waals surface area contributed by atoms with Crippen molar-refractivity contribution in [2.45, 2.75) is 38.3 Å². The van der Waals surface area contributed by atoms with Gasteiger partial charge in [-0.25, -0.2) is 4.68 Å². The van der Waals surface area contributed by atoms with Gasteiger partial charge in [0, 0.05) is 24.7 Å². The zero-order valence-corrected chi connectivity index (χ0v) is 18.6. The van der Waals surface area contributed by atoms with Gasteiger partial charge in [-0.15, -0.1) is 5.10 Å². The smallest absolute Gasteiger partial charge is 0.303 e. The zero-order valence-electron chi connectivity index (χ0n) is 18.6. The lowest BCUT2D eigenvalue weighted by Gasteiger charge is -2.26. The fraction of sp³-hybridized carbons (Fsp3) is 0.391. The monoisotopic (exact) mass is 454 g/mol. The second-order valence-electron chi connectivity index (χ2n) is 7.83. The van der Waals surface area contributed by atoms with Crippen LogP contribution in [-0.4, -0.2) is 57.6 Å². The molecule has 1 unspecified atom stereocenters. The topological polar surface area (TPSA) is 120 Å². The molecule has 4 rings (SSSR count). The van der Waals surface area contributed by atoms with E-state index in [-0.39, 0.29) is 24.1 Å². The molecule has 0 bridgehead atoms. The van der Waals surface area contributed by atoms with Crippen LogP contribution >= 0.6 is 0 Å². The molecule has 174 valence electrons. The molecule has 33 heavy (non-hydrogen) atoms. The third kappa shape index (κ3) is 5.00. The Labute approximate surface area is 190 Å². The third-order valence-corrected chi connectivity index (χ3v) is 5.68. The van der Waals surface area contributed by atoms with Crippen molar-refractivity contribution in [2.24, 2.45) is 0 Å². The molecule has 1 N–H and O–H groups in total. The van der Waals surface area contributed by atoms with Gasteiger partial charge in [0.2, 0.25) is 0 Å². The first-order valence-electron chi connectivity index (χ1n) is 10.7. The fourth-order valence-electron chi connectivity index (χ4n) is 4.08. The number of likely N-dealkylation sites (tertiary alicyclic amines) is 1. The van der Waals surface area contributed by atoms with Gasteiger partial charge >= 0.3 is 5.97 Å². The van der Waals surface area contributed by atoms with Gasteiger partial charge in [0.25, 0.3) is 5.91 Å². The fourth-order valence-corrected chi connectivity index (χ4v) is 4.08. The molecular weight excluding hydrogens is 428 g/mol. The Hall–Kier alpha value is -3.82. The van der Waals surface area contributed by atoms with Crippen LogP contribution < -0.4 is 9.47 Å². The van der Waals surface area contributed by atoms with Crippen LogP contribution in [0.2, 0.25) is 0 Å². The average Bonchev–Trinajstić information content (AvgIpc) is 3.58. The van der Waals surface area contributed by atoms with E-state index in [9.17, 15) is 9.59 Å². The lowest BCUT2D eigenvalue weighted by atomic mass is 10.0. The van der Waals surface area contributed by atoms with Crippen molar-refractivity contribution in [1.29, 1.82) is 0 Å². The van der Waals surface area contributed by atoms with Gasteiger partial charge in [-0.1, -0.05) is 5.21 Å². The Bertz CT molecular complexity index is 1140. The first-order valence-corrected chi connectivity index (χ1v) is 10.7. The molecule has 1 atom stereocenters. The Balaban J connectivity index is 1.47. The molecule has 10 nitrogen and oxygen atoms in total. The van der Waals surface area contributed by atoms with Crippen molar-refractivity contribution < 1.29 is 28.6 Å². The van der Waals surface area contributed by atoms with E-state index in [1.165, 1.54) is 0 Å². The first-order chi connectivity index (χ1) is 16.0. The highest BCUT2D eigenvalue weighted by Crippen LogP contribution is 2.39. The molecule has 3 heterocycles. The molecule has 1 amide bonds. The number of hydrogen-bond acceptors (Lipinski definition) is 7. The minimum absolute atomic E-state index is 0.00677. The Morgan fingerprint density at radius 3 is 2.82 bits per heavy atom. The predicted octanol–water partition coefficient (Wildman–Crippen LogP) is 2.93. The number of rotatable bonds is 9. The number of ether oxygens (including phenoxy) is 2. The van der Waals surface area contributed by atoms with Crippen molar-refractivity contribution in [2.75, 3.05) is 20.8 Å². The van der Waals surface area contributed by atoms with Crippen molar-refractivity contribution in [3.63, 3.8) is 0 Å². The Morgan fingerprint density at radius 2 is 2.06 bits per heavy atom. The largest absolute Gasteiger partial charge is 0.497 e. The van der Waals surface area contributed by atoms with E-state index >= 15 is 0 Å². The summed E-state index contributed by atoms with van der Waals surface area (Å²) in [5, 5.41) is 16.8. The van der Waals surface area contributed by atoms with Crippen LogP contribution in [0.25, 0.3) is 0 Å². The van der Waals surface area contributed by atoms with Gasteiger partial charge in [-0.05, 0) is 43.2 Å². The highest BCUT2D eigenvalue weighted by Gasteiger charge is 2.34. The molecule has 0 radical (unpaired) electrons. The van der Waals surface area contributed by atoms with Gasteiger partial charge in [0.1, 0.15) is 23.8 Å². The number of carbonyl (C=O) groups is 2. The quantitative estimate of drug-likeness (QED) is 0.524. The molecule has 1 aliphatic heterocycles. The van der Waals surface area contributed by atoms with Crippen LogP contribution in [0.15, 0.2) is 40.9 Å². The average molecular weight is 454 g/mol. The molecule has 1 aliphatic rings. The highest BCUT2D eigenvalue weighted by atomic mass is 16.5. The summed E-state index contributed by atoms with van der Waals surface area (Å²) in [6.07, 6.45) is 3.68. The van der Waals surface area contributed by atoms with E-state index in [2.05, 4.69) is 10.3 Å². The summed E-state index contributed by atoms with van der Waals surface area (Å²) in [5.41, 5.74) is 1.50. The van der Waals surface area contributed by atoms with Gasteiger partial charge in [0.05, 0.1) is 32.4 Å². The van der Waals surface area contributed by atoms with Crippen LogP contribution in [-0.2, 0) is 17.8 Å². The molecule has 3 aromatic rings. The number of nitrogens with zero attached hydrogens (tertiary/aromatic N) is 4. The normalized spacial score (nSPS) is 15.6. The summed E-state index contributed by atoms with van der Waals surface area (Å²) in [4.78, 5) is 25.8. The number of hydrogen-bond donors (Lipinski definition) is 1. The van der Waals surface area contributed by atoms with Gasteiger partial charge in [-0.3, -0.25) is 9.59 Å². The molecule has 10 heteroatoms. The number of benzene rings is 1. The number of carboxylic acids is 1. The van der Waals surface area contributed by atoms with E-state index in [0.29, 0.717) is 42.5 Å².